The molecule has 1 unspecified atom stereocenters. The zero-order chi connectivity index (χ0) is 14.3. The van der Waals surface area contributed by atoms with Gasteiger partial charge in [0.25, 0.3) is 0 Å². The Morgan fingerprint density at radius 1 is 1.15 bits per heavy atom. The minimum atomic E-state index is 0. The Labute approximate surface area is 131 Å². The molecule has 1 atom stereocenters. The molecule has 3 nitrogen and oxygen atoms in total. The highest BCUT2D eigenvalue weighted by atomic mass is 35.5. The van der Waals surface area contributed by atoms with Crippen molar-refractivity contribution in [2.24, 2.45) is 11.8 Å². The average molecular weight is 305 g/mol. The summed E-state index contributed by atoms with van der Waals surface area (Å²) in [6.45, 7) is 11.8. The molecule has 0 aromatic heterocycles. The minimum absolute atomic E-state index is 0. The van der Waals surface area contributed by atoms with Gasteiger partial charge in [-0.05, 0) is 44.1 Å². The Hall–Kier alpha value is -0.280. The van der Waals surface area contributed by atoms with Crippen LogP contribution in [0.2, 0.25) is 0 Å². The van der Waals surface area contributed by atoms with Gasteiger partial charge in [-0.2, -0.15) is 0 Å². The van der Waals surface area contributed by atoms with Crippen molar-refractivity contribution in [2.75, 3.05) is 19.6 Å². The lowest BCUT2D eigenvalue weighted by Gasteiger charge is -2.26. The first kappa shape index (κ1) is 19.7. The van der Waals surface area contributed by atoms with Gasteiger partial charge in [-0.3, -0.25) is 4.79 Å². The van der Waals surface area contributed by atoms with Gasteiger partial charge in [0.1, 0.15) is 0 Å². The molecule has 1 rings (SSSR count). The topological polar surface area (TPSA) is 32.3 Å². The second-order valence-electron chi connectivity index (χ2n) is 6.74. The lowest BCUT2D eigenvalue weighted by molar-refractivity contribution is -0.132. The summed E-state index contributed by atoms with van der Waals surface area (Å²) in [7, 11) is 0. The van der Waals surface area contributed by atoms with Crippen molar-refractivity contribution in [3.05, 3.63) is 0 Å². The van der Waals surface area contributed by atoms with E-state index in [-0.39, 0.29) is 12.4 Å². The van der Waals surface area contributed by atoms with E-state index in [9.17, 15) is 4.79 Å². The number of hydrogen-bond acceptors (Lipinski definition) is 2. The van der Waals surface area contributed by atoms with E-state index in [1.54, 1.807) is 0 Å². The summed E-state index contributed by atoms with van der Waals surface area (Å²) in [6.07, 6.45) is 5.30. The smallest absolute Gasteiger partial charge is 0.224 e. The van der Waals surface area contributed by atoms with E-state index in [4.69, 9.17) is 0 Å². The number of halogens is 1. The zero-order valence-corrected chi connectivity index (χ0v) is 14.5. The maximum Gasteiger partial charge on any atom is 0.224 e. The van der Waals surface area contributed by atoms with Crippen molar-refractivity contribution in [1.82, 2.24) is 10.2 Å². The fourth-order valence-electron chi connectivity index (χ4n) is 2.46. The van der Waals surface area contributed by atoms with Crippen LogP contribution in [0.3, 0.4) is 0 Å². The normalized spacial score (nSPS) is 18.4. The van der Waals surface area contributed by atoms with E-state index in [1.807, 2.05) is 0 Å². The van der Waals surface area contributed by atoms with Gasteiger partial charge in [-0.25, -0.2) is 0 Å². The Morgan fingerprint density at radius 3 is 2.10 bits per heavy atom. The quantitative estimate of drug-likeness (QED) is 0.744. The molecular formula is C16H33ClN2O. The standard InChI is InChI=1S/C16H32N2O.ClH/c1-13(2)7-10-18(11-8-14(3)4)16(19)12-15-6-5-9-17-15;/h13-15,17H,5-12H2,1-4H3;1H. The summed E-state index contributed by atoms with van der Waals surface area (Å²) in [5.41, 5.74) is 0. The molecule has 1 fully saturated rings. The Balaban J connectivity index is 0.00000361. The van der Waals surface area contributed by atoms with E-state index in [2.05, 4.69) is 37.9 Å². The van der Waals surface area contributed by atoms with Crippen molar-refractivity contribution in [3.8, 4) is 0 Å². The van der Waals surface area contributed by atoms with E-state index in [0.717, 1.165) is 38.9 Å². The molecule has 1 aliphatic heterocycles. The molecule has 0 aliphatic carbocycles. The molecular weight excluding hydrogens is 272 g/mol. The summed E-state index contributed by atoms with van der Waals surface area (Å²) >= 11 is 0. The third kappa shape index (κ3) is 8.11. The molecule has 0 saturated carbocycles. The van der Waals surface area contributed by atoms with Gasteiger partial charge in [0.15, 0.2) is 0 Å². The summed E-state index contributed by atoms with van der Waals surface area (Å²) < 4.78 is 0. The summed E-state index contributed by atoms with van der Waals surface area (Å²) in [5, 5.41) is 3.42. The molecule has 0 aromatic rings. The maximum atomic E-state index is 12.4. The predicted molar refractivity (Wildman–Crippen MR) is 88.4 cm³/mol. The average Bonchev–Trinajstić information content (AvgIpc) is 2.80. The van der Waals surface area contributed by atoms with Crippen molar-refractivity contribution >= 4 is 18.3 Å². The Morgan fingerprint density at radius 2 is 1.70 bits per heavy atom. The molecule has 1 N–H and O–H groups in total. The summed E-state index contributed by atoms with van der Waals surface area (Å²) in [5.74, 6) is 1.68. The molecule has 0 bridgehead atoms. The third-order valence-corrected chi connectivity index (χ3v) is 3.89. The van der Waals surface area contributed by atoms with Gasteiger partial charge in [-0.15, -0.1) is 12.4 Å². The van der Waals surface area contributed by atoms with Crippen molar-refractivity contribution in [1.29, 1.82) is 0 Å². The molecule has 0 spiro atoms. The number of nitrogens with zero attached hydrogens (tertiary/aromatic N) is 1. The maximum absolute atomic E-state index is 12.4. The molecule has 0 aromatic carbocycles. The van der Waals surface area contributed by atoms with Crippen molar-refractivity contribution < 1.29 is 4.79 Å². The fraction of sp³-hybridized carbons (Fsp3) is 0.938. The highest BCUT2D eigenvalue weighted by Crippen LogP contribution is 2.13. The molecule has 1 aliphatic rings. The molecule has 120 valence electrons. The van der Waals surface area contributed by atoms with Crippen LogP contribution in [0.4, 0.5) is 0 Å². The monoisotopic (exact) mass is 304 g/mol. The largest absolute Gasteiger partial charge is 0.343 e. The van der Waals surface area contributed by atoms with Gasteiger partial charge in [-0.1, -0.05) is 27.7 Å². The van der Waals surface area contributed by atoms with Crippen molar-refractivity contribution in [2.45, 2.75) is 65.8 Å². The SMILES string of the molecule is CC(C)CCN(CCC(C)C)C(=O)CC1CCCN1.Cl. The van der Waals surface area contributed by atoms with Gasteiger partial charge in [0.05, 0.1) is 0 Å². The van der Waals surface area contributed by atoms with Crippen LogP contribution < -0.4 is 5.32 Å². The molecule has 1 heterocycles. The number of hydrogen-bond donors (Lipinski definition) is 1. The van der Waals surface area contributed by atoms with Crippen LogP contribution in [-0.2, 0) is 4.79 Å². The van der Waals surface area contributed by atoms with E-state index >= 15 is 0 Å². The number of rotatable bonds is 8. The molecule has 4 heteroatoms. The van der Waals surface area contributed by atoms with Crippen LogP contribution in [0.25, 0.3) is 0 Å². The predicted octanol–water partition coefficient (Wildman–Crippen LogP) is 3.47. The lowest BCUT2D eigenvalue weighted by Crippen LogP contribution is -2.38. The molecule has 1 amide bonds. The zero-order valence-electron chi connectivity index (χ0n) is 13.7. The van der Waals surface area contributed by atoms with Crippen LogP contribution >= 0.6 is 12.4 Å². The highest BCUT2D eigenvalue weighted by Gasteiger charge is 2.21. The number of nitrogens with one attached hydrogen (secondary N) is 1. The van der Waals surface area contributed by atoms with E-state index in [1.165, 1.54) is 6.42 Å². The van der Waals surface area contributed by atoms with Crippen LogP contribution in [0.15, 0.2) is 0 Å². The number of carbonyl (C=O) groups excluding carboxylic acids is 1. The van der Waals surface area contributed by atoms with Gasteiger partial charge in [0.2, 0.25) is 5.91 Å². The Bertz CT molecular complexity index is 251. The highest BCUT2D eigenvalue weighted by molar-refractivity contribution is 5.85. The van der Waals surface area contributed by atoms with E-state index < -0.39 is 0 Å². The van der Waals surface area contributed by atoms with Crippen LogP contribution in [0.5, 0.6) is 0 Å². The fourth-order valence-corrected chi connectivity index (χ4v) is 2.46. The van der Waals surface area contributed by atoms with Crippen molar-refractivity contribution in [3.63, 3.8) is 0 Å². The van der Waals surface area contributed by atoms with Crippen LogP contribution in [0, 0.1) is 11.8 Å². The first-order valence-electron chi connectivity index (χ1n) is 8.00. The van der Waals surface area contributed by atoms with Gasteiger partial charge < -0.3 is 10.2 Å². The van der Waals surface area contributed by atoms with Gasteiger partial charge in [0, 0.05) is 25.6 Å². The van der Waals surface area contributed by atoms with E-state index in [0.29, 0.717) is 30.2 Å². The number of amides is 1. The second-order valence-corrected chi connectivity index (χ2v) is 6.74. The first-order chi connectivity index (χ1) is 8.99. The lowest BCUT2D eigenvalue weighted by atomic mass is 10.1. The van der Waals surface area contributed by atoms with Gasteiger partial charge >= 0.3 is 0 Å². The second kappa shape index (κ2) is 10.4. The first-order valence-corrected chi connectivity index (χ1v) is 8.00. The summed E-state index contributed by atoms with van der Waals surface area (Å²) in [6, 6.07) is 0.424. The number of carbonyl (C=O) groups is 1. The Kier molecular flexibility index (Phi) is 10.3. The molecule has 20 heavy (non-hydrogen) atoms. The van der Waals surface area contributed by atoms with Crippen LogP contribution in [0.1, 0.15) is 59.8 Å². The molecule has 0 radical (unpaired) electrons. The third-order valence-electron chi connectivity index (χ3n) is 3.89. The summed E-state index contributed by atoms with van der Waals surface area (Å²) in [4.78, 5) is 14.5. The van der Waals surface area contributed by atoms with Crippen LogP contribution in [-0.4, -0.2) is 36.5 Å². The minimum Gasteiger partial charge on any atom is -0.343 e. The molecule has 1 saturated heterocycles.